The average molecular weight is 368 g/mol. The highest BCUT2D eigenvalue weighted by atomic mass is 16.4. The van der Waals surface area contributed by atoms with Gasteiger partial charge in [0.15, 0.2) is 0 Å². The number of nitrogens with one attached hydrogen (secondary N) is 1. The number of aliphatic carboxylic acids is 1. The van der Waals surface area contributed by atoms with E-state index in [1.165, 1.54) is 4.90 Å². The van der Waals surface area contributed by atoms with Gasteiger partial charge in [-0.2, -0.15) is 0 Å². The highest BCUT2D eigenvalue weighted by Crippen LogP contribution is 2.12. The van der Waals surface area contributed by atoms with Gasteiger partial charge in [-0.15, -0.1) is 0 Å². The molecule has 0 unspecified atom stereocenters. The molecule has 27 heavy (non-hydrogen) atoms. The minimum atomic E-state index is -1.10. The minimum Gasteiger partial charge on any atom is -0.480 e. The van der Waals surface area contributed by atoms with Crippen LogP contribution in [-0.2, 0) is 16.1 Å². The van der Waals surface area contributed by atoms with Crippen molar-refractivity contribution in [2.75, 3.05) is 6.54 Å². The summed E-state index contributed by atoms with van der Waals surface area (Å²) in [7, 11) is 0. The molecule has 2 aromatic carbocycles. The Hall–Kier alpha value is -3.15. The standard InChI is InChI=1S/C21H24N2O4/c1-15(2)19(22-20(26)17-11-7-4-8-12-17)21(27)23(14-18(24)25)13-16-9-5-3-6-10-16/h3-12,15,19H,13-14H2,1-2H3,(H,22,26)(H,24,25)/t19-/m0/s1. The van der Waals surface area contributed by atoms with Crippen molar-refractivity contribution in [3.8, 4) is 0 Å². The van der Waals surface area contributed by atoms with E-state index in [0.29, 0.717) is 5.56 Å². The number of benzene rings is 2. The van der Waals surface area contributed by atoms with Crippen LogP contribution in [0.4, 0.5) is 0 Å². The topological polar surface area (TPSA) is 86.7 Å². The predicted molar refractivity (Wildman–Crippen MR) is 102 cm³/mol. The molecule has 0 aliphatic carbocycles. The number of amides is 2. The van der Waals surface area contributed by atoms with Gasteiger partial charge in [0.25, 0.3) is 5.91 Å². The zero-order chi connectivity index (χ0) is 19.8. The van der Waals surface area contributed by atoms with Crippen LogP contribution in [0.3, 0.4) is 0 Å². The molecule has 0 radical (unpaired) electrons. The van der Waals surface area contributed by atoms with Crippen LogP contribution in [0.1, 0.15) is 29.8 Å². The lowest BCUT2D eigenvalue weighted by Crippen LogP contribution is -2.52. The summed E-state index contributed by atoms with van der Waals surface area (Å²) >= 11 is 0. The molecule has 0 saturated heterocycles. The van der Waals surface area contributed by atoms with Gasteiger partial charge in [-0.3, -0.25) is 14.4 Å². The summed E-state index contributed by atoms with van der Waals surface area (Å²) in [5, 5.41) is 12.0. The van der Waals surface area contributed by atoms with Crippen LogP contribution in [0.5, 0.6) is 0 Å². The molecule has 2 N–H and O–H groups in total. The maximum absolute atomic E-state index is 13.0. The molecule has 0 aromatic heterocycles. The molecule has 1 atom stereocenters. The molecule has 0 aliphatic heterocycles. The number of nitrogens with zero attached hydrogens (tertiary/aromatic N) is 1. The van der Waals surface area contributed by atoms with Crippen LogP contribution >= 0.6 is 0 Å². The van der Waals surface area contributed by atoms with Crippen molar-refractivity contribution in [1.29, 1.82) is 0 Å². The summed E-state index contributed by atoms with van der Waals surface area (Å²) < 4.78 is 0. The lowest BCUT2D eigenvalue weighted by atomic mass is 10.0. The summed E-state index contributed by atoms with van der Waals surface area (Å²) in [6.45, 7) is 3.36. The highest BCUT2D eigenvalue weighted by Gasteiger charge is 2.30. The monoisotopic (exact) mass is 368 g/mol. The van der Waals surface area contributed by atoms with E-state index in [1.807, 2.05) is 44.2 Å². The third-order valence-electron chi connectivity index (χ3n) is 4.11. The summed E-state index contributed by atoms with van der Waals surface area (Å²) in [5.74, 6) is -2.08. The molecule has 0 aliphatic rings. The number of hydrogen-bond acceptors (Lipinski definition) is 3. The van der Waals surface area contributed by atoms with Crippen molar-refractivity contribution >= 4 is 17.8 Å². The van der Waals surface area contributed by atoms with Gasteiger partial charge in [0, 0.05) is 12.1 Å². The van der Waals surface area contributed by atoms with Gasteiger partial charge in [-0.05, 0) is 23.6 Å². The highest BCUT2D eigenvalue weighted by molar-refractivity contribution is 5.98. The fourth-order valence-corrected chi connectivity index (χ4v) is 2.70. The van der Waals surface area contributed by atoms with E-state index in [0.717, 1.165) is 5.56 Å². The first-order valence-electron chi connectivity index (χ1n) is 8.79. The molecular weight excluding hydrogens is 344 g/mol. The van der Waals surface area contributed by atoms with Crippen molar-refractivity contribution in [1.82, 2.24) is 10.2 Å². The number of carboxylic acids is 1. The van der Waals surface area contributed by atoms with Crippen molar-refractivity contribution < 1.29 is 19.5 Å². The van der Waals surface area contributed by atoms with E-state index < -0.39 is 24.5 Å². The molecule has 0 bridgehead atoms. The Bertz CT molecular complexity index is 775. The van der Waals surface area contributed by atoms with Gasteiger partial charge in [-0.25, -0.2) is 0 Å². The fraction of sp³-hybridized carbons (Fsp3) is 0.286. The number of hydrogen-bond donors (Lipinski definition) is 2. The van der Waals surface area contributed by atoms with E-state index in [-0.39, 0.29) is 18.4 Å². The molecule has 2 amide bonds. The lowest BCUT2D eigenvalue weighted by molar-refractivity contribution is -0.146. The summed E-state index contributed by atoms with van der Waals surface area (Å²) in [5.41, 5.74) is 1.27. The molecule has 0 fully saturated rings. The van der Waals surface area contributed by atoms with E-state index in [4.69, 9.17) is 0 Å². The normalized spacial score (nSPS) is 11.7. The van der Waals surface area contributed by atoms with Gasteiger partial charge < -0.3 is 15.3 Å². The quantitative estimate of drug-likeness (QED) is 0.750. The van der Waals surface area contributed by atoms with Crippen LogP contribution in [0, 0.1) is 5.92 Å². The van der Waals surface area contributed by atoms with Gasteiger partial charge in [0.05, 0.1) is 0 Å². The molecule has 6 nitrogen and oxygen atoms in total. The van der Waals surface area contributed by atoms with Gasteiger partial charge in [-0.1, -0.05) is 62.4 Å². The largest absolute Gasteiger partial charge is 0.480 e. The fourth-order valence-electron chi connectivity index (χ4n) is 2.70. The zero-order valence-electron chi connectivity index (χ0n) is 15.5. The molecular formula is C21H24N2O4. The average Bonchev–Trinajstić information content (AvgIpc) is 2.65. The number of carbonyl (C=O) groups excluding carboxylic acids is 2. The predicted octanol–water partition coefficient (Wildman–Crippen LogP) is 2.55. The smallest absolute Gasteiger partial charge is 0.323 e. The first-order chi connectivity index (χ1) is 12.9. The second kappa shape index (κ2) is 9.52. The molecule has 142 valence electrons. The Morgan fingerprint density at radius 2 is 1.52 bits per heavy atom. The number of carbonyl (C=O) groups is 3. The third-order valence-corrected chi connectivity index (χ3v) is 4.11. The zero-order valence-corrected chi connectivity index (χ0v) is 15.5. The Balaban J connectivity index is 2.19. The van der Waals surface area contributed by atoms with Crippen LogP contribution < -0.4 is 5.32 Å². The van der Waals surface area contributed by atoms with Crippen molar-refractivity contribution in [3.05, 3.63) is 71.8 Å². The number of rotatable bonds is 8. The molecule has 2 aromatic rings. The Morgan fingerprint density at radius 3 is 2.04 bits per heavy atom. The first-order valence-corrected chi connectivity index (χ1v) is 8.79. The van der Waals surface area contributed by atoms with Crippen molar-refractivity contribution in [2.45, 2.75) is 26.4 Å². The maximum atomic E-state index is 13.0. The summed E-state index contributed by atoms with van der Waals surface area (Å²) in [6, 6.07) is 17.0. The first kappa shape index (κ1) is 20.2. The van der Waals surface area contributed by atoms with E-state index >= 15 is 0 Å². The second-order valence-corrected chi connectivity index (χ2v) is 6.63. The van der Waals surface area contributed by atoms with Gasteiger partial charge in [0.1, 0.15) is 12.6 Å². The molecule has 0 spiro atoms. The SMILES string of the molecule is CC(C)[C@H](NC(=O)c1ccccc1)C(=O)N(CC(=O)O)Cc1ccccc1. The van der Waals surface area contributed by atoms with Crippen molar-refractivity contribution in [3.63, 3.8) is 0 Å². The number of carboxylic acid groups (broad SMARTS) is 1. The van der Waals surface area contributed by atoms with Crippen LogP contribution in [0.2, 0.25) is 0 Å². The summed E-state index contributed by atoms with van der Waals surface area (Å²) in [6.07, 6.45) is 0. The molecule has 0 heterocycles. The lowest BCUT2D eigenvalue weighted by Gasteiger charge is -2.29. The van der Waals surface area contributed by atoms with Gasteiger partial charge >= 0.3 is 5.97 Å². The second-order valence-electron chi connectivity index (χ2n) is 6.63. The van der Waals surface area contributed by atoms with Crippen LogP contribution in [-0.4, -0.2) is 40.4 Å². The van der Waals surface area contributed by atoms with Crippen molar-refractivity contribution in [2.24, 2.45) is 5.92 Å². The Kier molecular flexibility index (Phi) is 7.11. The third kappa shape index (κ3) is 5.95. The molecule has 0 saturated carbocycles. The van der Waals surface area contributed by atoms with Crippen LogP contribution in [0.25, 0.3) is 0 Å². The maximum Gasteiger partial charge on any atom is 0.323 e. The van der Waals surface area contributed by atoms with E-state index in [2.05, 4.69) is 5.32 Å². The van der Waals surface area contributed by atoms with E-state index in [1.54, 1.807) is 30.3 Å². The van der Waals surface area contributed by atoms with Gasteiger partial charge in [0.2, 0.25) is 5.91 Å². The summed E-state index contributed by atoms with van der Waals surface area (Å²) in [4.78, 5) is 38.0. The Morgan fingerprint density at radius 1 is 0.963 bits per heavy atom. The van der Waals surface area contributed by atoms with Crippen LogP contribution in [0.15, 0.2) is 60.7 Å². The van der Waals surface area contributed by atoms with E-state index in [9.17, 15) is 19.5 Å². The molecule has 6 heteroatoms. The molecule has 2 rings (SSSR count). The Labute approximate surface area is 158 Å². The minimum absolute atomic E-state index is 0.163.